The summed E-state index contributed by atoms with van der Waals surface area (Å²) in [4.78, 5) is 14.1. The van der Waals surface area contributed by atoms with Gasteiger partial charge in [0.2, 0.25) is 5.91 Å². The number of rotatable bonds is 4. The number of phenolic OH excluding ortho intramolecular Hbond substituents is 1. The van der Waals surface area contributed by atoms with Gasteiger partial charge < -0.3 is 14.7 Å². The lowest BCUT2D eigenvalue weighted by Gasteiger charge is -2.20. The summed E-state index contributed by atoms with van der Waals surface area (Å²) in [6.45, 7) is 4.92. The smallest absolute Gasteiger partial charge is 0.223 e. The number of allylic oxidation sites excluding steroid dienone is 1. The SMILES string of the molecule is C=CCCC(=O)N1CCOc2c(O)cc(-c3cccc(Cl)c3)cc2C1. The average Bonchev–Trinajstić information content (AvgIpc) is 2.82. The second-order valence-corrected chi connectivity index (χ2v) is 6.42. The zero-order chi connectivity index (χ0) is 17.8. The Labute approximate surface area is 152 Å². The summed E-state index contributed by atoms with van der Waals surface area (Å²) in [6.07, 6.45) is 2.82. The molecule has 0 atom stereocenters. The predicted octanol–water partition coefficient (Wildman–Crippen LogP) is 4.40. The van der Waals surface area contributed by atoms with Crippen LogP contribution in [0.5, 0.6) is 11.5 Å². The summed E-state index contributed by atoms with van der Waals surface area (Å²) in [5.41, 5.74) is 2.53. The standard InChI is InChI=1S/C20H20ClNO3/c1-2-3-7-19(24)22-8-9-25-20-16(13-22)10-15(12-18(20)23)14-5-4-6-17(21)11-14/h2,4-6,10-12,23H,1,3,7-9,13H2. The molecule has 0 aromatic heterocycles. The van der Waals surface area contributed by atoms with Gasteiger partial charge in [-0.3, -0.25) is 4.79 Å². The highest BCUT2D eigenvalue weighted by Gasteiger charge is 2.22. The summed E-state index contributed by atoms with van der Waals surface area (Å²) in [5.74, 6) is 0.585. The Morgan fingerprint density at radius 2 is 2.16 bits per heavy atom. The maximum absolute atomic E-state index is 12.3. The van der Waals surface area contributed by atoms with Crippen LogP contribution < -0.4 is 4.74 Å². The molecule has 25 heavy (non-hydrogen) atoms. The topological polar surface area (TPSA) is 49.8 Å². The fourth-order valence-corrected chi connectivity index (χ4v) is 3.12. The Kier molecular flexibility index (Phi) is 5.29. The Balaban J connectivity index is 1.93. The highest BCUT2D eigenvalue weighted by Crippen LogP contribution is 2.38. The van der Waals surface area contributed by atoms with E-state index in [9.17, 15) is 9.90 Å². The zero-order valence-corrected chi connectivity index (χ0v) is 14.6. The van der Waals surface area contributed by atoms with Crippen LogP contribution in [0, 0.1) is 0 Å². The summed E-state index contributed by atoms with van der Waals surface area (Å²) in [7, 11) is 0. The third kappa shape index (κ3) is 3.97. The minimum Gasteiger partial charge on any atom is -0.504 e. The fourth-order valence-electron chi connectivity index (χ4n) is 2.93. The maximum atomic E-state index is 12.3. The van der Waals surface area contributed by atoms with E-state index < -0.39 is 0 Å². The van der Waals surface area contributed by atoms with E-state index >= 15 is 0 Å². The van der Waals surface area contributed by atoms with Gasteiger partial charge in [0.05, 0.1) is 6.54 Å². The number of ether oxygens (including phenoxy) is 1. The van der Waals surface area contributed by atoms with Crippen molar-refractivity contribution in [2.24, 2.45) is 0 Å². The molecular weight excluding hydrogens is 338 g/mol. The molecule has 1 heterocycles. The number of halogens is 1. The normalized spacial score (nSPS) is 13.6. The van der Waals surface area contributed by atoms with Crippen molar-refractivity contribution < 1.29 is 14.6 Å². The first-order chi connectivity index (χ1) is 12.1. The molecule has 1 aliphatic rings. The molecule has 2 aromatic carbocycles. The molecule has 4 nitrogen and oxygen atoms in total. The second-order valence-electron chi connectivity index (χ2n) is 5.99. The number of fused-ring (bicyclic) bond motifs is 1. The van der Waals surface area contributed by atoms with E-state index in [1.54, 1.807) is 23.1 Å². The molecule has 0 aliphatic carbocycles. The molecule has 0 fully saturated rings. The van der Waals surface area contributed by atoms with Gasteiger partial charge in [0, 0.05) is 23.6 Å². The summed E-state index contributed by atoms with van der Waals surface area (Å²) < 4.78 is 5.69. The molecule has 1 N–H and O–H groups in total. The molecule has 0 bridgehead atoms. The number of benzene rings is 2. The quantitative estimate of drug-likeness (QED) is 0.825. The first-order valence-electron chi connectivity index (χ1n) is 8.22. The third-order valence-electron chi connectivity index (χ3n) is 4.19. The zero-order valence-electron chi connectivity index (χ0n) is 13.9. The van der Waals surface area contributed by atoms with E-state index in [1.807, 2.05) is 24.3 Å². The van der Waals surface area contributed by atoms with Gasteiger partial charge >= 0.3 is 0 Å². The van der Waals surface area contributed by atoms with Crippen molar-refractivity contribution in [3.8, 4) is 22.6 Å². The highest BCUT2D eigenvalue weighted by molar-refractivity contribution is 6.30. The molecule has 5 heteroatoms. The Hall–Kier alpha value is -2.46. The van der Waals surface area contributed by atoms with Crippen LogP contribution in [0.25, 0.3) is 11.1 Å². The van der Waals surface area contributed by atoms with E-state index in [0.29, 0.717) is 43.3 Å². The largest absolute Gasteiger partial charge is 0.504 e. The monoisotopic (exact) mass is 357 g/mol. The van der Waals surface area contributed by atoms with E-state index in [0.717, 1.165) is 16.7 Å². The van der Waals surface area contributed by atoms with Gasteiger partial charge in [0.1, 0.15) is 6.61 Å². The van der Waals surface area contributed by atoms with Gasteiger partial charge in [0.15, 0.2) is 11.5 Å². The van der Waals surface area contributed by atoms with Crippen LogP contribution in [-0.2, 0) is 11.3 Å². The molecule has 0 saturated carbocycles. The Bertz CT molecular complexity index is 804. The van der Waals surface area contributed by atoms with Crippen LogP contribution in [-0.4, -0.2) is 29.1 Å². The molecule has 130 valence electrons. The average molecular weight is 358 g/mol. The minimum atomic E-state index is 0.0593. The van der Waals surface area contributed by atoms with Crippen molar-refractivity contribution in [2.45, 2.75) is 19.4 Å². The van der Waals surface area contributed by atoms with Crippen molar-refractivity contribution in [1.29, 1.82) is 0 Å². The number of phenols is 1. The van der Waals surface area contributed by atoms with Crippen molar-refractivity contribution in [3.05, 3.63) is 59.6 Å². The van der Waals surface area contributed by atoms with E-state index in [4.69, 9.17) is 16.3 Å². The van der Waals surface area contributed by atoms with Gasteiger partial charge in [-0.15, -0.1) is 6.58 Å². The van der Waals surface area contributed by atoms with Gasteiger partial charge in [-0.05, 0) is 41.8 Å². The number of hydrogen-bond acceptors (Lipinski definition) is 3. The number of carbonyl (C=O) groups is 1. The number of aromatic hydroxyl groups is 1. The molecule has 0 spiro atoms. The van der Waals surface area contributed by atoms with Crippen molar-refractivity contribution in [3.63, 3.8) is 0 Å². The number of amides is 1. The summed E-state index contributed by atoms with van der Waals surface area (Å²) >= 11 is 6.07. The number of hydrogen-bond donors (Lipinski definition) is 1. The predicted molar refractivity (Wildman–Crippen MR) is 98.9 cm³/mol. The molecular formula is C20H20ClNO3. The minimum absolute atomic E-state index is 0.0593. The summed E-state index contributed by atoms with van der Waals surface area (Å²) in [6, 6.07) is 11.0. The molecule has 0 saturated heterocycles. The van der Waals surface area contributed by atoms with E-state index in [-0.39, 0.29) is 11.7 Å². The van der Waals surface area contributed by atoms with Crippen LogP contribution >= 0.6 is 11.6 Å². The van der Waals surface area contributed by atoms with Crippen LogP contribution in [0.4, 0.5) is 0 Å². The number of nitrogens with zero attached hydrogens (tertiary/aromatic N) is 1. The fraction of sp³-hybridized carbons (Fsp3) is 0.250. The van der Waals surface area contributed by atoms with Gasteiger partial charge in [-0.25, -0.2) is 0 Å². The van der Waals surface area contributed by atoms with Crippen LogP contribution in [0.1, 0.15) is 18.4 Å². The molecule has 1 aliphatic heterocycles. The van der Waals surface area contributed by atoms with Crippen LogP contribution in [0.2, 0.25) is 5.02 Å². The van der Waals surface area contributed by atoms with Crippen LogP contribution in [0.15, 0.2) is 49.1 Å². The molecule has 3 rings (SSSR count). The molecule has 0 unspecified atom stereocenters. The van der Waals surface area contributed by atoms with Crippen molar-refractivity contribution >= 4 is 17.5 Å². The van der Waals surface area contributed by atoms with E-state index in [2.05, 4.69) is 6.58 Å². The van der Waals surface area contributed by atoms with Gasteiger partial charge in [-0.1, -0.05) is 29.8 Å². The third-order valence-corrected chi connectivity index (χ3v) is 4.42. The summed E-state index contributed by atoms with van der Waals surface area (Å²) in [5, 5.41) is 11.0. The highest BCUT2D eigenvalue weighted by atomic mass is 35.5. The van der Waals surface area contributed by atoms with Crippen molar-refractivity contribution in [2.75, 3.05) is 13.2 Å². The number of carbonyl (C=O) groups excluding carboxylic acids is 1. The maximum Gasteiger partial charge on any atom is 0.223 e. The lowest BCUT2D eigenvalue weighted by molar-refractivity contribution is -0.131. The van der Waals surface area contributed by atoms with Gasteiger partial charge in [-0.2, -0.15) is 0 Å². The molecule has 0 radical (unpaired) electrons. The first-order valence-corrected chi connectivity index (χ1v) is 8.59. The Morgan fingerprint density at radius 3 is 2.92 bits per heavy atom. The lowest BCUT2D eigenvalue weighted by atomic mass is 10.0. The first kappa shape index (κ1) is 17.4. The Morgan fingerprint density at radius 1 is 1.32 bits per heavy atom. The van der Waals surface area contributed by atoms with Crippen LogP contribution in [0.3, 0.4) is 0 Å². The van der Waals surface area contributed by atoms with Crippen molar-refractivity contribution in [1.82, 2.24) is 4.90 Å². The molecule has 1 amide bonds. The van der Waals surface area contributed by atoms with Gasteiger partial charge in [0.25, 0.3) is 0 Å². The van der Waals surface area contributed by atoms with E-state index in [1.165, 1.54) is 0 Å². The molecule has 2 aromatic rings. The second kappa shape index (κ2) is 7.62. The lowest BCUT2D eigenvalue weighted by Crippen LogP contribution is -2.32.